The summed E-state index contributed by atoms with van der Waals surface area (Å²) >= 11 is 5.87. The highest BCUT2D eigenvalue weighted by Crippen LogP contribution is 2.26. The van der Waals surface area contributed by atoms with E-state index in [0.29, 0.717) is 0 Å². The van der Waals surface area contributed by atoms with Gasteiger partial charge in [0.05, 0.1) is 5.69 Å². The summed E-state index contributed by atoms with van der Waals surface area (Å²) in [7, 11) is 0. The Morgan fingerprint density at radius 3 is 2.47 bits per heavy atom. The summed E-state index contributed by atoms with van der Waals surface area (Å²) in [5.74, 6) is 0. The lowest BCUT2D eigenvalue weighted by molar-refractivity contribution is 0.450. The Bertz CT molecular complexity index is 670. The van der Waals surface area contributed by atoms with E-state index in [4.69, 9.17) is 16.1 Å². The SMILES string of the molecule is Cc1noc2cc(-c3ccc(Cl)cc3)ccc12. The van der Waals surface area contributed by atoms with Gasteiger partial charge >= 0.3 is 0 Å². The minimum Gasteiger partial charge on any atom is -0.356 e. The Balaban J connectivity index is 2.14. The predicted octanol–water partition coefficient (Wildman–Crippen LogP) is 4.46. The van der Waals surface area contributed by atoms with Crippen molar-refractivity contribution in [3.63, 3.8) is 0 Å². The fourth-order valence-corrected chi connectivity index (χ4v) is 2.01. The smallest absolute Gasteiger partial charge is 0.167 e. The van der Waals surface area contributed by atoms with Crippen LogP contribution in [0, 0.1) is 6.92 Å². The van der Waals surface area contributed by atoms with Gasteiger partial charge in [0.2, 0.25) is 0 Å². The lowest BCUT2D eigenvalue weighted by Crippen LogP contribution is -1.77. The number of hydrogen-bond donors (Lipinski definition) is 0. The second-order valence-corrected chi connectivity index (χ2v) is 4.42. The molecule has 2 aromatic carbocycles. The molecule has 0 saturated carbocycles. The van der Waals surface area contributed by atoms with E-state index in [-0.39, 0.29) is 0 Å². The van der Waals surface area contributed by atoms with Gasteiger partial charge in [-0.05, 0) is 42.3 Å². The maximum atomic E-state index is 5.87. The van der Waals surface area contributed by atoms with Gasteiger partial charge in [0.15, 0.2) is 5.58 Å². The second kappa shape index (κ2) is 3.90. The van der Waals surface area contributed by atoms with Crippen molar-refractivity contribution in [2.45, 2.75) is 6.92 Å². The Labute approximate surface area is 104 Å². The molecule has 1 heterocycles. The lowest BCUT2D eigenvalue weighted by Gasteiger charge is -2.01. The monoisotopic (exact) mass is 243 g/mol. The Morgan fingerprint density at radius 2 is 1.71 bits per heavy atom. The Hall–Kier alpha value is -1.80. The molecule has 0 unspecified atom stereocenters. The van der Waals surface area contributed by atoms with Gasteiger partial charge in [-0.2, -0.15) is 0 Å². The molecule has 3 heteroatoms. The van der Waals surface area contributed by atoms with E-state index in [1.807, 2.05) is 43.3 Å². The van der Waals surface area contributed by atoms with Crippen molar-refractivity contribution in [3.8, 4) is 11.1 Å². The molecule has 0 radical (unpaired) electrons. The number of nitrogens with zero attached hydrogens (tertiary/aromatic N) is 1. The standard InChI is InChI=1S/C14H10ClNO/c1-9-13-7-4-11(8-14(13)17-16-9)10-2-5-12(15)6-3-10/h2-8H,1H3. The molecule has 0 aliphatic heterocycles. The van der Waals surface area contributed by atoms with Gasteiger partial charge in [0.1, 0.15) is 0 Å². The van der Waals surface area contributed by atoms with Gasteiger partial charge in [-0.3, -0.25) is 0 Å². The normalized spacial score (nSPS) is 10.9. The summed E-state index contributed by atoms with van der Waals surface area (Å²) in [5, 5.41) is 5.75. The summed E-state index contributed by atoms with van der Waals surface area (Å²) in [5.41, 5.74) is 3.95. The maximum Gasteiger partial charge on any atom is 0.167 e. The third-order valence-corrected chi connectivity index (χ3v) is 3.08. The van der Waals surface area contributed by atoms with Gasteiger partial charge < -0.3 is 4.52 Å². The van der Waals surface area contributed by atoms with E-state index in [9.17, 15) is 0 Å². The molecule has 0 spiro atoms. The van der Waals surface area contributed by atoms with Crippen molar-refractivity contribution in [3.05, 3.63) is 53.2 Å². The van der Waals surface area contributed by atoms with Crippen LogP contribution in [0.1, 0.15) is 5.69 Å². The number of rotatable bonds is 1. The molecule has 0 aliphatic carbocycles. The Kier molecular flexibility index (Phi) is 2.37. The van der Waals surface area contributed by atoms with Crippen LogP contribution in [0.5, 0.6) is 0 Å². The highest BCUT2D eigenvalue weighted by atomic mass is 35.5. The highest BCUT2D eigenvalue weighted by Gasteiger charge is 2.05. The van der Waals surface area contributed by atoms with E-state index < -0.39 is 0 Å². The molecule has 0 amide bonds. The largest absolute Gasteiger partial charge is 0.356 e. The minimum atomic E-state index is 0.741. The van der Waals surface area contributed by atoms with Crippen LogP contribution in [-0.2, 0) is 0 Å². The van der Waals surface area contributed by atoms with Crippen LogP contribution < -0.4 is 0 Å². The summed E-state index contributed by atoms with van der Waals surface area (Å²) in [4.78, 5) is 0. The lowest BCUT2D eigenvalue weighted by atomic mass is 10.0. The fraction of sp³-hybridized carbons (Fsp3) is 0.0714. The quantitative estimate of drug-likeness (QED) is 0.631. The van der Waals surface area contributed by atoms with Crippen molar-refractivity contribution >= 4 is 22.6 Å². The van der Waals surface area contributed by atoms with Crippen molar-refractivity contribution in [1.82, 2.24) is 5.16 Å². The maximum absolute atomic E-state index is 5.87. The second-order valence-electron chi connectivity index (χ2n) is 3.99. The van der Waals surface area contributed by atoms with Crippen LogP contribution in [0.25, 0.3) is 22.1 Å². The third kappa shape index (κ3) is 1.81. The van der Waals surface area contributed by atoms with E-state index in [2.05, 4.69) is 11.2 Å². The molecule has 2 nitrogen and oxygen atoms in total. The van der Waals surface area contributed by atoms with Gasteiger partial charge in [0.25, 0.3) is 0 Å². The average molecular weight is 244 g/mol. The van der Waals surface area contributed by atoms with E-state index in [1.54, 1.807) is 0 Å². The van der Waals surface area contributed by atoms with E-state index >= 15 is 0 Å². The topological polar surface area (TPSA) is 26.0 Å². The third-order valence-electron chi connectivity index (χ3n) is 2.83. The molecular weight excluding hydrogens is 234 g/mol. The van der Waals surface area contributed by atoms with E-state index in [0.717, 1.165) is 32.8 Å². The molecular formula is C14H10ClNO. The zero-order chi connectivity index (χ0) is 11.8. The molecule has 0 atom stereocenters. The highest BCUT2D eigenvalue weighted by molar-refractivity contribution is 6.30. The molecule has 0 N–H and O–H groups in total. The summed E-state index contributed by atoms with van der Waals surface area (Å²) < 4.78 is 5.26. The molecule has 0 fully saturated rings. The van der Waals surface area contributed by atoms with Crippen molar-refractivity contribution in [2.24, 2.45) is 0 Å². The van der Waals surface area contributed by atoms with Crippen LogP contribution in [0.3, 0.4) is 0 Å². The van der Waals surface area contributed by atoms with Crippen LogP contribution in [0.15, 0.2) is 47.0 Å². The zero-order valence-corrected chi connectivity index (χ0v) is 10.0. The fourth-order valence-electron chi connectivity index (χ4n) is 1.89. The molecule has 3 rings (SSSR count). The molecule has 17 heavy (non-hydrogen) atoms. The van der Waals surface area contributed by atoms with E-state index in [1.165, 1.54) is 0 Å². The predicted molar refractivity (Wildman–Crippen MR) is 69.2 cm³/mol. The molecule has 3 aromatic rings. The molecule has 0 saturated heterocycles. The number of aryl methyl sites for hydroxylation is 1. The van der Waals surface area contributed by atoms with Gasteiger partial charge in [0, 0.05) is 10.4 Å². The number of aromatic nitrogens is 1. The first kappa shape index (κ1) is 10.4. The average Bonchev–Trinajstić information content (AvgIpc) is 2.72. The first-order valence-corrected chi connectivity index (χ1v) is 5.74. The van der Waals surface area contributed by atoms with Crippen LogP contribution in [-0.4, -0.2) is 5.16 Å². The van der Waals surface area contributed by atoms with Gasteiger partial charge in [-0.15, -0.1) is 0 Å². The van der Waals surface area contributed by atoms with Crippen LogP contribution in [0.2, 0.25) is 5.02 Å². The van der Waals surface area contributed by atoms with Crippen molar-refractivity contribution < 1.29 is 4.52 Å². The molecule has 1 aromatic heterocycles. The summed E-state index contributed by atoms with van der Waals surface area (Å²) in [6.07, 6.45) is 0. The Morgan fingerprint density at radius 1 is 1.00 bits per heavy atom. The molecule has 0 aliphatic rings. The van der Waals surface area contributed by atoms with Gasteiger partial charge in [-0.25, -0.2) is 0 Å². The van der Waals surface area contributed by atoms with Crippen molar-refractivity contribution in [1.29, 1.82) is 0 Å². The molecule has 84 valence electrons. The number of hydrogen-bond acceptors (Lipinski definition) is 2. The van der Waals surface area contributed by atoms with Crippen LogP contribution >= 0.6 is 11.6 Å². The number of halogens is 1. The number of benzene rings is 2. The zero-order valence-electron chi connectivity index (χ0n) is 9.27. The summed E-state index contributed by atoms with van der Waals surface area (Å²) in [6, 6.07) is 13.8. The first-order chi connectivity index (χ1) is 8.24. The van der Waals surface area contributed by atoms with Crippen molar-refractivity contribution in [2.75, 3.05) is 0 Å². The summed E-state index contributed by atoms with van der Waals surface area (Å²) in [6.45, 7) is 1.94. The number of fused-ring (bicyclic) bond motifs is 1. The molecule has 0 bridgehead atoms. The minimum absolute atomic E-state index is 0.741. The first-order valence-electron chi connectivity index (χ1n) is 5.36. The van der Waals surface area contributed by atoms with Crippen LogP contribution in [0.4, 0.5) is 0 Å². The van der Waals surface area contributed by atoms with Gasteiger partial charge in [-0.1, -0.05) is 35.0 Å².